The van der Waals surface area contributed by atoms with Crippen LogP contribution >= 0.6 is 11.6 Å². The summed E-state index contributed by atoms with van der Waals surface area (Å²) in [6, 6.07) is 0. The van der Waals surface area contributed by atoms with Gasteiger partial charge in [-0.05, 0) is 12.8 Å². The molecule has 0 amide bonds. The van der Waals surface area contributed by atoms with Gasteiger partial charge in [-0.25, -0.2) is 0 Å². The Morgan fingerprint density at radius 2 is 2.24 bits per heavy atom. The first kappa shape index (κ1) is 11.9. The Balaban J connectivity index is 2.32. The second kappa shape index (κ2) is 4.38. The second-order valence-corrected chi connectivity index (χ2v) is 4.37. The third-order valence-corrected chi connectivity index (χ3v) is 3.05. The number of anilines is 3. The lowest BCUT2D eigenvalue weighted by Gasteiger charge is -2.27. The molecule has 0 aliphatic heterocycles. The van der Waals surface area contributed by atoms with E-state index in [2.05, 4.69) is 15.3 Å². The maximum atomic E-state index is 9.45. The van der Waals surface area contributed by atoms with Crippen molar-refractivity contribution in [2.24, 2.45) is 0 Å². The van der Waals surface area contributed by atoms with Crippen molar-refractivity contribution in [2.75, 3.05) is 23.4 Å². The number of nitrogen functional groups attached to an aromatic ring is 2. The Kier molecular flexibility index (Phi) is 3.08. The fourth-order valence-electron chi connectivity index (χ4n) is 1.80. The average Bonchev–Trinajstić information content (AvgIpc) is 2.74. The minimum Gasteiger partial charge on any atom is -0.394 e. The van der Waals surface area contributed by atoms with Crippen molar-refractivity contribution in [3.8, 4) is 0 Å². The Morgan fingerprint density at radius 3 is 2.82 bits per heavy atom. The van der Waals surface area contributed by atoms with Crippen LogP contribution in [0.5, 0.6) is 0 Å². The van der Waals surface area contributed by atoms with Crippen molar-refractivity contribution in [3.63, 3.8) is 0 Å². The number of hydrogen-bond donors (Lipinski definition) is 4. The van der Waals surface area contributed by atoms with Crippen molar-refractivity contribution in [2.45, 2.75) is 18.4 Å². The van der Waals surface area contributed by atoms with Gasteiger partial charge in [0, 0.05) is 0 Å². The van der Waals surface area contributed by atoms with Crippen molar-refractivity contribution in [3.05, 3.63) is 17.3 Å². The molecule has 0 radical (unpaired) electrons. The highest BCUT2D eigenvalue weighted by atomic mass is 35.5. The van der Waals surface area contributed by atoms with E-state index in [9.17, 15) is 5.11 Å². The first-order valence-electron chi connectivity index (χ1n) is 5.21. The zero-order chi connectivity index (χ0) is 12.5. The van der Waals surface area contributed by atoms with E-state index in [0.29, 0.717) is 5.82 Å². The predicted molar refractivity (Wildman–Crippen MR) is 67.7 cm³/mol. The topological polar surface area (TPSA) is 110 Å². The van der Waals surface area contributed by atoms with E-state index < -0.39 is 5.54 Å². The molecule has 6 N–H and O–H groups in total. The Bertz CT molecular complexity index is 464. The molecule has 1 atom stereocenters. The maximum absolute atomic E-state index is 9.45. The van der Waals surface area contributed by atoms with Gasteiger partial charge < -0.3 is 21.9 Å². The zero-order valence-electron chi connectivity index (χ0n) is 9.15. The van der Waals surface area contributed by atoms with E-state index in [1.54, 1.807) is 0 Å². The van der Waals surface area contributed by atoms with Gasteiger partial charge in [-0.1, -0.05) is 23.8 Å². The number of aliphatic hydroxyl groups is 1. The van der Waals surface area contributed by atoms with Crippen LogP contribution in [0.2, 0.25) is 5.15 Å². The molecule has 92 valence electrons. The largest absolute Gasteiger partial charge is 0.394 e. The minimum atomic E-state index is -0.543. The molecular formula is C10H14ClN5O. The summed E-state index contributed by atoms with van der Waals surface area (Å²) in [6.45, 7) is -0.0511. The van der Waals surface area contributed by atoms with Gasteiger partial charge in [0.1, 0.15) is 5.69 Å². The SMILES string of the molecule is Nc1nc(Cl)c(N)c(NC2(CO)C=CCC2)n1. The van der Waals surface area contributed by atoms with Crippen LogP contribution in [0.15, 0.2) is 12.2 Å². The first-order chi connectivity index (χ1) is 8.06. The molecule has 0 aromatic carbocycles. The van der Waals surface area contributed by atoms with Crippen LogP contribution in [0.4, 0.5) is 17.5 Å². The molecule has 0 saturated carbocycles. The lowest BCUT2D eigenvalue weighted by atomic mass is 10.0. The first-order valence-corrected chi connectivity index (χ1v) is 5.59. The summed E-state index contributed by atoms with van der Waals surface area (Å²) in [5.41, 5.74) is 11.0. The fourth-order valence-corrected chi connectivity index (χ4v) is 1.97. The molecule has 1 aromatic rings. The van der Waals surface area contributed by atoms with Crippen LogP contribution in [-0.4, -0.2) is 27.2 Å². The average molecular weight is 256 g/mol. The minimum absolute atomic E-state index is 0.0433. The van der Waals surface area contributed by atoms with Crippen LogP contribution in [-0.2, 0) is 0 Å². The van der Waals surface area contributed by atoms with Crippen LogP contribution in [0.3, 0.4) is 0 Å². The van der Waals surface area contributed by atoms with Gasteiger partial charge in [0.05, 0.1) is 12.1 Å². The number of nitrogens with zero attached hydrogens (tertiary/aromatic N) is 2. The number of halogens is 1. The van der Waals surface area contributed by atoms with Crippen molar-refractivity contribution >= 4 is 29.1 Å². The van der Waals surface area contributed by atoms with E-state index >= 15 is 0 Å². The van der Waals surface area contributed by atoms with Gasteiger partial charge >= 0.3 is 0 Å². The van der Waals surface area contributed by atoms with E-state index in [0.717, 1.165) is 12.8 Å². The van der Waals surface area contributed by atoms with E-state index in [-0.39, 0.29) is 23.4 Å². The van der Waals surface area contributed by atoms with E-state index in [1.807, 2.05) is 12.2 Å². The van der Waals surface area contributed by atoms with Crippen LogP contribution in [0.25, 0.3) is 0 Å². The number of nitrogens with two attached hydrogens (primary N) is 2. The quantitative estimate of drug-likeness (QED) is 0.469. The number of allylic oxidation sites excluding steroid dienone is 1. The summed E-state index contributed by atoms with van der Waals surface area (Å²) < 4.78 is 0. The van der Waals surface area contributed by atoms with Crippen LogP contribution < -0.4 is 16.8 Å². The predicted octanol–water partition coefficient (Wildman–Crippen LogP) is 0.787. The molecule has 17 heavy (non-hydrogen) atoms. The molecule has 0 bridgehead atoms. The van der Waals surface area contributed by atoms with Crippen molar-refractivity contribution in [1.29, 1.82) is 0 Å². The number of hydrogen-bond acceptors (Lipinski definition) is 6. The highest BCUT2D eigenvalue weighted by Gasteiger charge is 2.30. The lowest BCUT2D eigenvalue weighted by molar-refractivity contribution is 0.238. The van der Waals surface area contributed by atoms with Gasteiger partial charge in [-0.15, -0.1) is 0 Å². The Morgan fingerprint density at radius 1 is 1.47 bits per heavy atom. The molecule has 1 aliphatic carbocycles. The Labute approximate surface area is 104 Å². The Hall–Kier alpha value is -1.53. The summed E-state index contributed by atoms with van der Waals surface area (Å²) in [7, 11) is 0. The van der Waals surface area contributed by atoms with Gasteiger partial charge in [0.2, 0.25) is 5.95 Å². The molecule has 7 heteroatoms. The van der Waals surface area contributed by atoms with E-state index in [1.165, 1.54) is 0 Å². The number of rotatable bonds is 3. The number of aliphatic hydroxyl groups excluding tert-OH is 1. The zero-order valence-corrected chi connectivity index (χ0v) is 9.91. The molecule has 0 fully saturated rings. The molecule has 1 aromatic heterocycles. The summed E-state index contributed by atoms with van der Waals surface area (Å²) in [4.78, 5) is 7.73. The maximum Gasteiger partial charge on any atom is 0.223 e. The van der Waals surface area contributed by atoms with Gasteiger partial charge in [-0.2, -0.15) is 9.97 Å². The van der Waals surface area contributed by atoms with Crippen molar-refractivity contribution in [1.82, 2.24) is 9.97 Å². The van der Waals surface area contributed by atoms with E-state index in [4.69, 9.17) is 23.1 Å². The summed E-state index contributed by atoms with van der Waals surface area (Å²) in [5.74, 6) is 0.393. The van der Waals surface area contributed by atoms with Gasteiger partial charge in [0.15, 0.2) is 11.0 Å². The molecular weight excluding hydrogens is 242 g/mol. The van der Waals surface area contributed by atoms with Gasteiger partial charge in [-0.3, -0.25) is 0 Å². The monoisotopic (exact) mass is 255 g/mol. The van der Waals surface area contributed by atoms with Crippen molar-refractivity contribution < 1.29 is 5.11 Å². The fraction of sp³-hybridized carbons (Fsp3) is 0.400. The number of aromatic nitrogens is 2. The smallest absolute Gasteiger partial charge is 0.223 e. The molecule has 2 rings (SSSR count). The molecule has 6 nitrogen and oxygen atoms in total. The number of nitrogens with one attached hydrogen (secondary N) is 1. The third-order valence-electron chi connectivity index (χ3n) is 2.76. The molecule has 1 heterocycles. The molecule has 1 aliphatic rings. The van der Waals surface area contributed by atoms with Gasteiger partial charge in [0.25, 0.3) is 0 Å². The standard InChI is InChI=1S/C10H14ClN5O/c11-7-6(12)8(15-9(13)14-7)16-10(5-17)3-1-2-4-10/h1,3,17H,2,4-5,12H2,(H3,13,14,15,16). The van der Waals surface area contributed by atoms with Crippen LogP contribution in [0.1, 0.15) is 12.8 Å². The summed E-state index contributed by atoms with van der Waals surface area (Å²) >= 11 is 5.82. The van der Waals surface area contributed by atoms with Crippen LogP contribution in [0, 0.1) is 0 Å². The summed E-state index contributed by atoms with van der Waals surface area (Å²) in [6.07, 6.45) is 5.55. The summed E-state index contributed by atoms with van der Waals surface area (Å²) in [5, 5.41) is 12.6. The highest BCUT2D eigenvalue weighted by molar-refractivity contribution is 6.32. The molecule has 0 saturated heterocycles. The molecule has 1 unspecified atom stereocenters. The second-order valence-electron chi connectivity index (χ2n) is 4.02. The lowest BCUT2D eigenvalue weighted by Crippen LogP contribution is -2.38. The normalized spacial score (nSPS) is 22.9. The highest BCUT2D eigenvalue weighted by Crippen LogP contribution is 2.31. The third kappa shape index (κ3) is 2.27. The molecule has 0 spiro atoms.